The Labute approximate surface area is 143 Å². The first-order valence-electron chi connectivity index (χ1n) is 8.82. The van der Waals surface area contributed by atoms with Crippen molar-refractivity contribution in [3.05, 3.63) is 29.3 Å². The van der Waals surface area contributed by atoms with Gasteiger partial charge in [0.25, 0.3) is 0 Å². The zero-order valence-corrected chi connectivity index (χ0v) is 14.5. The van der Waals surface area contributed by atoms with Crippen LogP contribution in [0, 0.1) is 12.8 Å². The highest BCUT2D eigenvalue weighted by molar-refractivity contribution is 6.40. The highest BCUT2D eigenvalue weighted by Crippen LogP contribution is 2.31. The zero-order chi connectivity index (χ0) is 17.3. The topological polar surface area (TPSA) is 60.9 Å². The predicted molar refractivity (Wildman–Crippen MR) is 92.8 cm³/mol. The van der Waals surface area contributed by atoms with Crippen LogP contribution in [0.5, 0.6) is 0 Å². The summed E-state index contributed by atoms with van der Waals surface area (Å²) in [5, 5.41) is 10.1. The summed E-state index contributed by atoms with van der Waals surface area (Å²) in [7, 11) is 1.66. The van der Waals surface area contributed by atoms with Gasteiger partial charge in [-0.3, -0.25) is 9.59 Å². The second-order valence-corrected chi connectivity index (χ2v) is 7.08. The maximum absolute atomic E-state index is 12.7. The molecule has 24 heavy (non-hydrogen) atoms. The molecule has 2 unspecified atom stereocenters. The Morgan fingerprint density at radius 2 is 2.04 bits per heavy atom. The first-order chi connectivity index (χ1) is 11.5. The van der Waals surface area contributed by atoms with Crippen LogP contribution in [0.25, 0.3) is 0 Å². The Morgan fingerprint density at radius 1 is 1.29 bits per heavy atom. The van der Waals surface area contributed by atoms with Crippen LogP contribution in [0.1, 0.15) is 36.8 Å². The first-order valence-corrected chi connectivity index (χ1v) is 8.82. The number of nitrogens with zero attached hydrogens (tertiary/aromatic N) is 2. The summed E-state index contributed by atoms with van der Waals surface area (Å²) < 4.78 is 0. The lowest BCUT2D eigenvalue weighted by atomic mass is 9.86. The lowest BCUT2D eigenvalue weighted by Crippen LogP contribution is -2.46. The molecule has 2 atom stereocenters. The van der Waals surface area contributed by atoms with Gasteiger partial charge in [0.1, 0.15) is 0 Å². The van der Waals surface area contributed by atoms with Gasteiger partial charge in [-0.25, -0.2) is 0 Å². The number of amides is 2. The molecule has 1 aromatic carbocycles. The van der Waals surface area contributed by atoms with E-state index in [-0.39, 0.29) is 12.0 Å². The van der Waals surface area contributed by atoms with Crippen LogP contribution in [0.2, 0.25) is 0 Å². The third-order valence-electron chi connectivity index (χ3n) is 5.41. The molecule has 1 fully saturated rings. The molecule has 0 radical (unpaired) electrons. The molecule has 0 saturated heterocycles. The van der Waals surface area contributed by atoms with Gasteiger partial charge in [0.15, 0.2) is 0 Å². The number of hydrogen-bond acceptors (Lipinski definition) is 3. The van der Waals surface area contributed by atoms with Crippen LogP contribution in [-0.4, -0.2) is 48.1 Å². The number of aryl methyl sites for hydroxylation is 1. The molecule has 1 saturated carbocycles. The molecule has 1 aliphatic heterocycles. The molecule has 1 N–H and O–H groups in total. The number of anilines is 1. The van der Waals surface area contributed by atoms with E-state index in [9.17, 15) is 14.7 Å². The predicted octanol–water partition coefficient (Wildman–Crippen LogP) is 1.89. The van der Waals surface area contributed by atoms with Gasteiger partial charge in [-0.2, -0.15) is 0 Å². The summed E-state index contributed by atoms with van der Waals surface area (Å²) in [4.78, 5) is 28.3. The number of rotatable bonds is 2. The van der Waals surface area contributed by atoms with Gasteiger partial charge in [-0.15, -0.1) is 0 Å². The summed E-state index contributed by atoms with van der Waals surface area (Å²) in [6.45, 7) is 3.04. The SMILES string of the molecule is Cc1cccc2c1CCN2C(=O)C(=O)N(C)CC1CCCCC1O. The maximum Gasteiger partial charge on any atom is 0.316 e. The Morgan fingerprint density at radius 3 is 2.79 bits per heavy atom. The molecule has 0 spiro atoms. The van der Waals surface area contributed by atoms with E-state index in [2.05, 4.69) is 0 Å². The van der Waals surface area contributed by atoms with Crippen molar-refractivity contribution in [1.29, 1.82) is 0 Å². The van der Waals surface area contributed by atoms with Gasteiger partial charge in [0.05, 0.1) is 6.10 Å². The zero-order valence-electron chi connectivity index (χ0n) is 14.5. The number of carbonyl (C=O) groups excluding carboxylic acids is 2. The average Bonchev–Trinajstić information content (AvgIpc) is 3.01. The minimum Gasteiger partial charge on any atom is -0.393 e. The number of likely N-dealkylation sites (N-methyl/N-ethyl adjacent to an activating group) is 1. The number of aliphatic hydroxyl groups is 1. The Kier molecular flexibility index (Phi) is 4.90. The lowest BCUT2D eigenvalue weighted by molar-refractivity contribution is -0.144. The highest BCUT2D eigenvalue weighted by Gasteiger charge is 2.33. The molecule has 5 heteroatoms. The maximum atomic E-state index is 12.7. The molecule has 0 bridgehead atoms. The number of fused-ring (bicyclic) bond motifs is 1. The molecule has 1 aliphatic carbocycles. The van der Waals surface area contributed by atoms with E-state index in [1.807, 2.05) is 25.1 Å². The Bertz CT molecular complexity index is 643. The molecule has 130 valence electrons. The summed E-state index contributed by atoms with van der Waals surface area (Å²) in [5.41, 5.74) is 3.18. The molecule has 2 amide bonds. The van der Waals surface area contributed by atoms with E-state index in [1.54, 1.807) is 11.9 Å². The lowest BCUT2D eigenvalue weighted by Gasteiger charge is -2.31. The summed E-state index contributed by atoms with van der Waals surface area (Å²) in [6.07, 6.45) is 4.26. The molecular weight excluding hydrogens is 304 g/mol. The van der Waals surface area contributed by atoms with Gasteiger partial charge < -0.3 is 14.9 Å². The molecule has 1 heterocycles. The van der Waals surface area contributed by atoms with Crippen LogP contribution in [-0.2, 0) is 16.0 Å². The summed E-state index contributed by atoms with van der Waals surface area (Å²) in [6, 6.07) is 5.86. The average molecular weight is 330 g/mol. The van der Waals surface area contributed by atoms with Gasteiger partial charge in [-0.1, -0.05) is 25.0 Å². The monoisotopic (exact) mass is 330 g/mol. The molecule has 0 aromatic heterocycles. The Balaban J connectivity index is 1.67. The standard InChI is InChI=1S/C19H26N2O3/c1-13-6-5-8-16-15(13)10-11-21(16)19(24)18(23)20(2)12-14-7-3-4-9-17(14)22/h5-6,8,14,17,22H,3-4,7,9-12H2,1-2H3. The highest BCUT2D eigenvalue weighted by atomic mass is 16.3. The molecule has 2 aliphatic rings. The fourth-order valence-electron chi connectivity index (χ4n) is 3.93. The molecule has 1 aromatic rings. The van der Waals surface area contributed by atoms with Gasteiger partial charge in [0, 0.05) is 31.7 Å². The third-order valence-corrected chi connectivity index (χ3v) is 5.41. The van der Waals surface area contributed by atoms with Gasteiger partial charge in [-0.05, 0) is 43.4 Å². The molecular formula is C19H26N2O3. The molecule has 3 rings (SSSR count). The van der Waals surface area contributed by atoms with E-state index >= 15 is 0 Å². The summed E-state index contributed by atoms with van der Waals surface area (Å²) >= 11 is 0. The van der Waals surface area contributed by atoms with E-state index in [0.29, 0.717) is 13.1 Å². The quantitative estimate of drug-likeness (QED) is 0.843. The van der Waals surface area contributed by atoms with Gasteiger partial charge >= 0.3 is 11.8 Å². The van der Waals surface area contributed by atoms with E-state index in [0.717, 1.165) is 48.9 Å². The van der Waals surface area contributed by atoms with Crippen molar-refractivity contribution >= 4 is 17.5 Å². The van der Waals surface area contributed by atoms with Crippen LogP contribution in [0.15, 0.2) is 18.2 Å². The third kappa shape index (κ3) is 3.18. The van der Waals surface area contributed by atoms with E-state index in [1.165, 1.54) is 4.90 Å². The Hall–Kier alpha value is -1.88. The largest absolute Gasteiger partial charge is 0.393 e. The van der Waals surface area contributed by atoms with Crippen molar-refractivity contribution in [2.45, 2.75) is 45.1 Å². The molecule has 5 nitrogen and oxygen atoms in total. The number of benzene rings is 1. The van der Waals surface area contributed by atoms with Crippen molar-refractivity contribution in [3.8, 4) is 0 Å². The number of carbonyl (C=O) groups is 2. The second-order valence-electron chi connectivity index (χ2n) is 7.08. The second kappa shape index (κ2) is 6.93. The van der Waals surface area contributed by atoms with E-state index in [4.69, 9.17) is 0 Å². The van der Waals surface area contributed by atoms with E-state index < -0.39 is 11.8 Å². The minimum absolute atomic E-state index is 0.0774. The van der Waals surface area contributed by atoms with Crippen LogP contribution in [0.3, 0.4) is 0 Å². The van der Waals surface area contributed by atoms with Crippen LogP contribution in [0.4, 0.5) is 5.69 Å². The fourth-order valence-corrected chi connectivity index (χ4v) is 3.93. The first kappa shape index (κ1) is 17.0. The van der Waals surface area contributed by atoms with Crippen molar-refractivity contribution in [2.24, 2.45) is 5.92 Å². The van der Waals surface area contributed by atoms with Crippen LogP contribution < -0.4 is 4.90 Å². The van der Waals surface area contributed by atoms with Crippen molar-refractivity contribution in [1.82, 2.24) is 4.90 Å². The normalized spacial score (nSPS) is 23.0. The number of hydrogen-bond donors (Lipinski definition) is 1. The van der Waals surface area contributed by atoms with Crippen molar-refractivity contribution in [3.63, 3.8) is 0 Å². The fraction of sp³-hybridized carbons (Fsp3) is 0.579. The number of aliphatic hydroxyl groups excluding tert-OH is 1. The smallest absolute Gasteiger partial charge is 0.316 e. The summed E-state index contributed by atoms with van der Waals surface area (Å²) in [5.74, 6) is -0.872. The van der Waals surface area contributed by atoms with Crippen molar-refractivity contribution in [2.75, 3.05) is 25.0 Å². The minimum atomic E-state index is -0.484. The van der Waals surface area contributed by atoms with Crippen molar-refractivity contribution < 1.29 is 14.7 Å². The van der Waals surface area contributed by atoms with Gasteiger partial charge in [0.2, 0.25) is 0 Å². The van der Waals surface area contributed by atoms with Crippen LogP contribution >= 0.6 is 0 Å².